The van der Waals surface area contributed by atoms with Crippen LogP contribution in [-0.2, 0) is 12.8 Å². The number of unbranched alkanes of at least 4 members (excludes halogenated alkanes) is 30. The molecule has 2 nitrogen and oxygen atoms in total. The zero-order valence-electron chi connectivity index (χ0n) is 37.0. The third kappa shape index (κ3) is 29.7. The summed E-state index contributed by atoms with van der Waals surface area (Å²) in [5.74, 6) is 0. The summed E-state index contributed by atoms with van der Waals surface area (Å²) < 4.78 is 0. The molecule has 0 saturated heterocycles. The van der Waals surface area contributed by atoms with E-state index in [1.54, 1.807) is 0 Å². The average molecular weight is 755 g/mol. The van der Waals surface area contributed by atoms with Gasteiger partial charge < -0.3 is 0 Å². The van der Waals surface area contributed by atoms with Crippen molar-refractivity contribution >= 4 is 23.3 Å². The SMILES string of the molecule is CCCCCCCCCCCCCCCCCc1cccc(N=CC(CCCCC)=Nc2cccc(CCCCCCCCCCCCCCCCC)c2)c1. The van der Waals surface area contributed by atoms with Gasteiger partial charge in [-0.3, -0.25) is 9.98 Å². The largest absolute Gasteiger partial charge is 0.255 e. The van der Waals surface area contributed by atoms with E-state index in [4.69, 9.17) is 9.98 Å². The summed E-state index contributed by atoms with van der Waals surface area (Å²) in [7, 11) is 0. The molecule has 0 spiro atoms. The maximum absolute atomic E-state index is 5.14. The number of aryl methyl sites for hydroxylation is 2. The molecule has 2 heteroatoms. The van der Waals surface area contributed by atoms with Gasteiger partial charge in [0.05, 0.1) is 17.1 Å². The zero-order chi connectivity index (χ0) is 39.1. The molecule has 0 N–H and O–H groups in total. The van der Waals surface area contributed by atoms with Gasteiger partial charge in [-0.15, -0.1) is 0 Å². The van der Waals surface area contributed by atoms with Crippen LogP contribution in [0.4, 0.5) is 11.4 Å². The first kappa shape index (κ1) is 48.9. The van der Waals surface area contributed by atoms with Gasteiger partial charge in [0.2, 0.25) is 0 Å². The monoisotopic (exact) mass is 755 g/mol. The smallest absolute Gasteiger partial charge is 0.0636 e. The van der Waals surface area contributed by atoms with Crippen molar-refractivity contribution in [2.45, 2.75) is 252 Å². The lowest BCUT2D eigenvalue weighted by Crippen LogP contribution is -2.00. The Hall–Kier alpha value is -2.22. The molecule has 0 saturated carbocycles. The van der Waals surface area contributed by atoms with Gasteiger partial charge in [0.25, 0.3) is 0 Å². The van der Waals surface area contributed by atoms with E-state index in [2.05, 4.69) is 69.3 Å². The molecule has 55 heavy (non-hydrogen) atoms. The molecule has 0 atom stereocenters. The van der Waals surface area contributed by atoms with E-state index >= 15 is 0 Å². The number of benzene rings is 2. The molecule has 0 fully saturated rings. The average Bonchev–Trinajstić information content (AvgIpc) is 3.20. The third-order valence-corrected chi connectivity index (χ3v) is 11.6. The van der Waals surface area contributed by atoms with Crippen molar-refractivity contribution in [2.24, 2.45) is 9.98 Å². The second kappa shape index (κ2) is 37.4. The Kier molecular flexibility index (Phi) is 33.2. The topological polar surface area (TPSA) is 24.7 Å². The van der Waals surface area contributed by atoms with Crippen LogP contribution in [-0.4, -0.2) is 11.9 Å². The summed E-state index contributed by atoms with van der Waals surface area (Å²) in [5.41, 5.74) is 6.08. The molecule has 0 aliphatic carbocycles. The van der Waals surface area contributed by atoms with Crippen molar-refractivity contribution in [1.82, 2.24) is 0 Å². The quantitative estimate of drug-likeness (QED) is 0.0480. The molecule has 0 amide bonds. The Balaban J connectivity index is 1.66. The Morgan fingerprint density at radius 1 is 0.382 bits per heavy atom. The molecule has 2 rings (SSSR count). The van der Waals surface area contributed by atoms with E-state index in [9.17, 15) is 0 Å². The van der Waals surface area contributed by atoms with Crippen LogP contribution in [0.2, 0.25) is 0 Å². The summed E-state index contributed by atoms with van der Waals surface area (Å²) in [6.07, 6.45) is 51.4. The molecule has 0 aliphatic heterocycles. The highest BCUT2D eigenvalue weighted by molar-refractivity contribution is 6.31. The molecule has 0 aromatic heterocycles. The molecule has 312 valence electrons. The number of nitrogens with zero attached hydrogens (tertiary/aromatic N) is 2. The van der Waals surface area contributed by atoms with Crippen LogP contribution < -0.4 is 0 Å². The summed E-state index contributed by atoms with van der Waals surface area (Å²) in [4.78, 5) is 10.1. The fourth-order valence-corrected chi connectivity index (χ4v) is 7.99. The molecule has 0 unspecified atom stereocenters. The standard InChI is InChI=1S/C53H90N2/c1-4-7-10-12-14-16-18-20-22-24-26-28-30-32-35-39-49-41-37-44-51(46-49)54-48-53(43-34-9-6-3)55-52-45-38-42-50(47-52)40-36-33-31-29-27-25-23-21-19-17-15-13-11-8-5-2/h37-38,41-42,44-48H,4-36,39-40,43H2,1-3H3. The van der Waals surface area contributed by atoms with Crippen molar-refractivity contribution in [1.29, 1.82) is 0 Å². The Bertz CT molecular complexity index is 1180. The normalized spacial score (nSPS) is 12.0. The Labute approximate surface area is 343 Å². The van der Waals surface area contributed by atoms with Crippen molar-refractivity contribution < 1.29 is 0 Å². The molecule has 2 aromatic carbocycles. The maximum Gasteiger partial charge on any atom is 0.0636 e. The van der Waals surface area contributed by atoms with Crippen LogP contribution in [0.3, 0.4) is 0 Å². The van der Waals surface area contributed by atoms with Gasteiger partial charge in [-0.1, -0.05) is 238 Å². The van der Waals surface area contributed by atoms with E-state index in [0.717, 1.165) is 36.3 Å². The van der Waals surface area contributed by atoms with Crippen LogP contribution in [0.1, 0.15) is 250 Å². The Morgan fingerprint density at radius 3 is 1.11 bits per heavy atom. The first-order valence-electron chi connectivity index (χ1n) is 24.5. The number of hydrogen-bond donors (Lipinski definition) is 0. The lowest BCUT2D eigenvalue weighted by molar-refractivity contribution is 0.532. The molecule has 0 radical (unpaired) electrons. The Morgan fingerprint density at radius 2 is 0.709 bits per heavy atom. The summed E-state index contributed by atoms with van der Waals surface area (Å²) in [6, 6.07) is 17.9. The van der Waals surface area contributed by atoms with Gasteiger partial charge in [0, 0.05) is 6.21 Å². The molecular formula is C53H90N2. The number of hydrogen-bond acceptors (Lipinski definition) is 2. The van der Waals surface area contributed by atoms with E-state index in [0.29, 0.717) is 0 Å². The van der Waals surface area contributed by atoms with Crippen LogP contribution in [0.25, 0.3) is 0 Å². The zero-order valence-corrected chi connectivity index (χ0v) is 37.0. The minimum atomic E-state index is 0.986. The molecular weight excluding hydrogens is 665 g/mol. The molecule has 0 bridgehead atoms. The summed E-state index contributed by atoms with van der Waals surface area (Å²) >= 11 is 0. The van der Waals surface area contributed by atoms with Crippen molar-refractivity contribution in [3.05, 3.63) is 59.7 Å². The highest BCUT2D eigenvalue weighted by Gasteiger charge is 2.03. The van der Waals surface area contributed by atoms with E-state index in [-0.39, 0.29) is 0 Å². The van der Waals surface area contributed by atoms with Gasteiger partial charge in [0.1, 0.15) is 0 Å². The lowest BCUT2D eigenvalue weighted by atomic mass is 10.0. The fraction of sp³-hybridized carbons (Fsp3) is 0.736. The lowest BCUT2D eigenvalue weighted by Gasteiger charge is -2.06. The minimum Gasteiger partial charge on any atom is -0.255 e. The van der Waals surface area contributed by atoms with Crippen molar-refractivity contribution in [3.63, 3.8) is 0 Å². The molecule has 0 aliphatic rings. The fourth-order valence-electron chi connectivity index (χ4n) is 7.99. The van der Waals surface area contributed by atoms with E-state index in [1.165, 1.54) is 223 Å². The van der Waals surface area contributed by atoms with E-state index < -0.39 is 0 Å². The van der Waals surface area contributed by atoms with Crippen LogP contribution >= 0.6 is 0 Å². The minimum absolute atomic E-state index is 0.986. The number of aliphatic imine (C=N–C) groups is 2. The molecule has 0 heterocycles. The second-order valence-electron chi connectivity index (χ2n) is 17.1. The van der Waals surface area contributed by atoms with Gasteiger partial charge in [-0.05, 0) is 73.9 Å². The summed E-state index contributed by atoms with van der Waals surface area (Å²) in [6.45, 7) is 6.88. The summed E-state index contributed by atoms with van der Waals surface area (Å²) in [5, 5.41) is 0. The highest BCUT2D eigenvalue weighted by Crippen LogP contribution is 2.21. The highest BCUT2D eigenvalue weighted by atomic mass is 14.8. The van der Waals surface area contributed by atoms with Gasteiger partial charge >= 0.3 is 0 Å². The first-order chi connectivity index (χ1) is 27.2. The van der Waals surface area contributed by atoms with Crippen molar-refractivity contribution in [3.8, 4) is 0 Å². The molecule has 2 aromatic rings. The van der Waals surface area contributed by atoms with Gasteiger partial charge in [0.15, 0.2) is 0 Å². The second-order valence-corrected chi connectivity index (χ2v) is 17.1. The number of rotatable bonds is 39. The van der Waals surface area contributed by atoms with Gasteiger partial charge in [-0.2, -0.15) is 0 Å². The van der Waals surface area contributed by atoms with Crippen molar-refractivity contribution in [2.75, 3.05) is 0 Å². The van der Waals surface area contributed by atoms with Crippen LogP contribution in [0.15, 0.2) is 58.5 Å². The maximum atomic E-state index is 5.14. The van der Waals surface area contributed by atoms with Crippen LogP contribution in [0, 0.1) is 0 Å². The van der Waals surface area contributed by atoms with Gasteiger partial charge in [-0.25, -0.2) is 0 Å². The first-order valence-corrected chi connectivity index (χ1v) is 24.5. The predicted molar refractivity (Wildman–Crippen MR) is 250 cm³/mol. The predicted octanol–water partition coefficient (Wildman–Crippen LogP) is 18.6. The van der Waals surface area contributed by atoms with Crippen LogP contribution in [0.5, 0.6) is 0 Å². The van der Waals surface area contributed by atoms with E-state index in [1.807, 2.05) is 6.21 Å². The third-order valence-electron chi connectivity index (χ3n) is 11.6.